The molecule has 0 saturated heterocycles. The molecule has 0 aliphatic carbocycles. The Labute approximate surface area is 132 Å². The average Bonchev–Trinajstić information content (AvgIpc) is 2.53. The summed E-state index contributed by atoms with van der Waals surface area (Å²) < 4.78 is 6.54. The highest BCUT2D eigenvalue weighted by Crippen LogP contribution is 2.16. The van der Waals surface area contributed by atoms with Crippen LogP contribution in [0.5, 0.6) is 0 Å². The summed E-state index contributed by atoms with van der Waals surface area (Å²) >= 11 is 1.16. The maximum atomic E-state index is 12.4. The fourth-order valence-corrected chi connectivity index (χ4v) is 2.82. The molecule has 0 spiro atoms. The van der Waals surface area contributed by atoms with Crippen LogP contribution in [0.4, 0.5) is 0 Å². The van der Waals surface area contributed by atoms with E-state index < -0.39 is 0 Å². The predicted octanol–water partition coefficient (Wildman–Crippen LogP) is 1.27. The molecule has 2 rings (SSSR count). The summed E-state index contributed by atoms with van der Waals surface area (Å²) in [5, 5.41) is 3.07. The molecule has 0 aliphatic heterocycles. The Balaban J connectivity index is 2.16. The number of carbonyl (C=O) groups excluding carboxylic acids is 1. The molecule has 6 nitrogen and oxygen atoms in total. The minimum Gasteiger partial charge on any atom is -0.383 e. The second-order valence-electron chi connectivity index (χ2n) is 4.59. The van der Waals surface area contributed by atoms with Crippen molar-refractivity contribution >= 4 is 28.7 Å². The molecule has 0 saturated carbocycles. The lowest BCUT2D eigenvalue weighted by molar-refractivity contribution is -0.118. The number of carbonyl (C=O) groups is 1. The highest BCUT2D eigenvalue weighted by atomic mass is 32.2. The van der Waals surface area contributed by atoms with E-state index in [1.807, 2.05) is 31.2 Å². The van der Waals surface area contributed by atoms with Gasteiger partial charge in [-0.15, -0.1) is 0 Å². The Kier molecular flexibility index (Phi) is 5.97. The molecular formula is C15H19N3O3S. The number of aryl methyl sites for hydroxylation is 1. The number of hydrogen-bond acceptors (Lipinski definition) is 5. The van der Waals surface area contributed by atoms with Gasteiger partial charge in [-0.3, -0.25) is 9.59 Å². The van der Waals surface area contributed by atoms with E-state index in [2.05, 4.69) is 10.3 Å². The van der Waals surface area contributed by atoms with Crippen LogP contribution >= 0.6 is 11.8 Å². The average molecular weight is 321 g/mol. The molecule has 118 valence electrons. The van der Waals surface area contributed by atoms with Gasteiger partial charge in [0.15, 0.2) is 5.03 Å². The number of methoxy groups -OCH3 is 1. The van der Waals surface area contributed by atoms with Gasteiger partial charge in [0.05, 0.1) is 23.4 Å². The topological polar surface area (TPSA) is 73.2 Å². The number of aromatic nitrogens is 2. The zero-order valence-electron chi connectivity index (χ0n) is 12.7. The zero-order valence-corrected chi connectivity index (χ0v) is 13.5. The minimum atomic E-state index is -0.157. The Morgan fingerprint density at radius 2 is 2.18 bits per heavy atom. The molecule has 1 aromatic carbocycles. The summed E-state index contributed by atoms with van der Waals surface area (Å²) in [5.41, 5.74) is 1.41. The summed E-state index contributed by atoms with van der Waals surface area (Å²) in [5.74, 6) is 0.0213. The first-order valence-electron chi connectivity index (χ1n) is 7.05. The van der Waals surface area contributed by atoms with Crippen LogP contribution in [-0.4, -0.2) is 41.5 Å². The number of nitrogens with one attached hydrogen (secondary N) is 1. The van der Waals surface area contributed by atoms with Gasteiger partial charge in [-0.1, -0.05) is 23.9 Å². The number of ether oxygens (including phenoxy) is 1. The fourth-order valence-electron chi connectivity index (χ4n) is 2.05. The standard InChI is InChI=1S/C15H19N3O3S/c1-3-18-12-7-5-4-6-11(12)17-14(15(18)20)22-10-13(19)16-8-9-21-2/h4-7H,3,8-10H2,1-2H3,(H,16,19). The highest BCUT2D eigenvalue weighted by molar-refractivity contribution is 7.99. The molecule has 0 fully saturated rings. The Morgan fingerprint density at radius 3 is 2.91 bits per heavy atom. The molecule has 0 radical (unpaired) electrons. The highest BCUT2D eigenvalue weighted by Gasteiger charge is 2.12. The molecular weight excluding hydrogens is 302 g/mol. The lowest BCUT2D eigenvalue weighted by Crippen LogP contribution is -2.29. The van der Waals surface area contributed by atoms with E-state index in [1.54, 1.807) is 11.7 Å². The summed E-state index contributed by atoms with van der Waals surface area (Å²) in [7, 11) is 1.58. The third kappa shape index (κ3) is 3.86. The van der Waals surface area contributed by atoms with Gasteiger partial charge in [-0.2, -0.15) is 0 Å². The first kappa shape index (κ1) is 16.5. The maximum absolute atomic E-state index is 12.4. The van der Waals surface area contributed by atoms with Gasteiger partial charge in [-0.05, 0) is 19.1 Å². The van der Waals surface area contributed by atoms with Crippen LogP contribution in [0.15, 0.2) is 34.1 Å². The van der Waals surface area contributed by atoms with Crippen molar-refractivity contribution in [3.8, 4) is 0 Å². The number of amides is 1. The monoisotopic (exact) mass is 321 g/mol. The molecule has 1 aromatic heterocycles. The van der Waals surface area contributed by atoms with Crippen LogP contribution in [0.1, 0.15) is 6.92 Å². The molecule has 0 atom stereocenters. The molecule has 1 amide bonds. The molecule has 1 heterocycles. The van der Waals surface area contributed by atoms with Gasteiger partial charge >= 0.3 is 0 Å². The Hall–Kier alpha value is -1.86. The lowest BCUT2D eigenvalue weighted by atomic mass is 10.3. The molecule has 0 unspecified atom stereocenters. The van der Waals surface area contributed by atoms with Crippen molar-refractivity contribution in [2.45, 2.75) is 18.5 Å². The van der Waals surface area contributed by atoms with Crippen LogP contribution in [-0.2, 0) is 16.1 Å². The zero-order chi connectivity index (χ0) is 15.9. The molecule has 1 N–H and O–H groups in total. The van der Waals surface area contributed by atoms with E-state index in [0.717, 1.165) is 22.8 Å². The number of hydrogen-bond donors (Lipinski definition) is 1. The third-order valence-electron chi connectivity index (χ3n) is 3.11. The first-order valence-corrected chi connectivity index (χ1v) is 8.04. The van der Waals surface area contributed by atoms with E-state index in [0.29, 0.717) is 24.7 Å². The van der Waals surface area contributed by atoms with Crippen LogP contribution < -0.4 is 10.9 Å². The van der Waals surface area contributed by atoms with Gasteiger partial charge < -0.3 is 14.6 Å². The van der Waals surface area contributed by atoms with Gasteiger partial charge in [0.25, 0.3) is 5.56 Å². The van der Waals surface area contributed by atoms with E-state index in [4.69, 9.17) is 4.74 Å². The molecule has 0 bridgehead atoms. The number of para-hydroxylation sites is 2. The normalized spacial score (nSPS) is 10.8. The molecule has 7 heteroatoms. The molecule has 2 aromatic rings. The summed E-state index contributed by atoms with van der Waals surface area (Å²) in [4.78, 5) is 28.5. The third-order valence-corrected chi connectivity index (χ3v) is 4.05. The van der Waals surface area contributed by atoms with E-state index in [-0.39, 0.29) is 17.2 Å². The second-order valence-corrected chi connectivity index (χ2v) is 5.55. The van der Waals surface area contributed by atoms with Crippen LogP contribution in [0, 0.1) is 0 Å². The van der Waals surface area contributed by atoms with Gasteiger partial charge in [0.2, 0.25) is 5.91 Å². The number of nitrogens with zero attached hydrogens (tertiary/aromatic N) is 2. The number of thioether (sulfide) groups is 1. The van der Waals surface area contributed by atoms with Gasteiger partial charge in [0, 0.05) is 20.2 Å². The molecule has 0 aliphatic rings. The fraction of sp³-hybridized carbons (Fsp3) is 0.400. The summed E-state index contributed by atoms with van der Waals surface area (Å²) in [6, 6.07) is 7.50. The first-order chi connectivity index (χ1) is 10.7. The van der Waals surface area contributed by atoms with Crippen molar-refractivity contribution in [1.82, 2.24) is 14.9 Å². The number of fused-ring (bicyclic) bond motifs is 1. The number of rotatable bonds is 7. The quantitative estimate of drug-likeness (QED) is 0.614. The number of benzene rings is 1. The lowest BCUT2D eigenvalue weighted by Gasteiger charge is -2.10. The minimum absolute atomic E-state index is 0.139. The van der Waals surface area contributed by atoms with Gasteiger partial charge in [-0.25, -0.2) is 4.98 Å². The maximum Gasteiger partial charge on any atom is 0.283 e. The van der Waals surface area contributed by atoms with Crippen molar-refractivity contribution in [1.29, 1.82) is 0 Å². The van der Waals surface area contributed by atoms with E-state index in [1.165, 1.54) is 0 Å². The van der Waals surface area contributed by atoms with Crippen LogP contribution in [0.2, 0.25) is 0 Å². The van der Waals surface area contributed by atoms with Crippen molar-refractivity contribution in [2.24, 2.45) is 0 Å². The van der Waals surface area contributed by atoms with Crippen molar-refractivity contribution in [3.05, 3.63) is 34.6 Å². The van der Waals surface area contributed by atoms with Crippen LogP contribution in [0.25, 0.3) is 11.0 Å². The van der Waals surface area contributed by atoms with Crippen molar-refractivity contribution in [3.63, 3.8) is 0 Å². The van der Waals surface area contributed by atoms with Crippen LogP contribution in [0.3, 0.4) is 0 Å². The largest absolute Gasteiger partial charge is 0.383 e. The SMILES string of the molecule is CCn1c(=O)c(SCC(=O)NCCOC)nc2ccccc21. The molecule has 22 heavy (non-hydrogen) atoms. The summed E-state index contributed by atoms with van der Waals surface area (Å²) in [6.45, 7) is 3.41. The second kappa shape index (κ2) is 7.95. The smallest absolute Gasteiger partial charge is 0.283 e. The Bertz CT molecular complexity index is 715. The Morgan fingerprint density at radius 1 is 1.41 bits per heavy atom. The van der Waals surface area contributed by atoms with E-state index >= 15 is 0 Å². The predicted molar refractivity (Wildman–Crippen MR) is 87.3 cm³/mol. The summed E-state index contributed by atoms with van der Waals surface area (Å²) in [6.07, 6.45) is 0. The van der Waals surface area contributed by atoms with E-state index in [9.17, 15) is 9.59 Å². The van der Waals surface area contributed by atoms with Gasteiger partial charge in [0.1, 0.15) is 0 Å². The van der Waals surface area contributed by atoms with Crippen molar-refractivity contribution < 1.29 is 9.53 Å². The van der Waals surface area contributed by atoms with Crippen molar-refractivity contribution in [2.75, 3.05) is 26.0 Å².